The van der Waals surface area contributed by atoms with Gasteiger partial charge in [-0.25, -0.2) is 0 Å². The van der Waals surface area contributed by atoms with Crippen LogP contribution < -0.4 is 14.8 Å². The molecule has 7 nitrogen and oxygen atoms in total. The number of rotatable bonds is 5. The van der Waals surface area contributed by atoms with Crippen molar-refractivity contribution in [2.24, 2.45) is 0 Å². The first-order valence-electron chi connectivity index (χ1n) is 9.86. The van der Waals surface area contributed by atoms with E-state index in [0.717, 1.165) is 62.5 Å². The molecule has 2 aliphatic rings. The van der Waals surface area contributed by atoms with Crippen LogP contribution in [0.25, 0.3) is 0 Å². The van der Waals surface area contributed by atoms with Gasteiger partial charge in [0.2, 0.25) is 11.8 Å². The van der Waals surface area contributed by atoms with Gasteiger partial charge < -0.3 is 19.7 Å². The Balaban J connectivity index is 1.84. The molecular formula is C21H31N3O4. The summed E-state index contributed by atoms with van der Waals surface area (Å²) in [6, 6.07) is 6.06. The zero-order chi connectivity index (χ0) is 20.3. The highest BCUT2D eigenvalue weighted by molar-refractivity contribution is 5.73. The monoisotopic (exact) mass is 389 g/mol. The maximum absolute atomic E-state index is 11.8. The summed E-state index contributed by atoms with van der Waals surface area (Å²) in [6.45, 7) is 6.22. The highest BCUT2D eigenvalue weighted by Gasteiger charge is 2.47. The topological polar surface area (TPSA) is 71.1 Å². The second-order valence-electron chi connectivity index (χ2n) is 7.87. The summed E-state index contributed by atoms with van der Waals surface area (Å²) in [4.78, 5) is 27.8. The van der Waals surface area contributed by atoms with Crippen molar-refractivity contribution in [3.8, 4) is 11.5 Å². The number of carbonyl (C=O) groups excluding carboxylic acids is 2. The molecule has 2 amide bonds. The number of nitrogens with one attached hydrogen (secondary N) is 1. The van der Waals surface area contributed by atoms with Gasteiger partial charge >= 0.3 is 0 Å². The van der Waals surface area contributed by atoms with E-state index < -0.39 is 0 Å². The number of amides is 2. The molecule has 1 N–H and O–H groups in total. The maximum Gasteiger partial charge on any atom is 0.219 e. The van der Waals surface area contributed by atoms with Crippen LogP contribution in [0.5, 0.6) is 11.5 Å². The number of benzene rings is 1. The molecule has 0 aromatic heterocycles. The average Bonchev–Trinajstić information content (AvgIpc) is 2.97. The van der Waals surface area contributed by atoms with Gasteiger partial charge in [-0.15, -0.1) is 0 Å². The molecule has 1 aromatic rings. The van der Waals surface area contributed by atoms with E-state index in [1.807, 2.05) is 17.0 Å². The van der Waals surface area contributed by atoms with Crippen molar-refractivity contribution in [2.45, 2.75) is 51.2 Å². The molecular weight excluding hydrogens is 358 g/mol. The van der Waals surface area contributed by atoms with Crippen LogP contribution in [-0.4, -0.2) is 67.0 Å². The predicted molar refractivity (Wildman–Crippen MR) is 106 cm³/mol. The van der Waals surface area contributed by atoms with Gasteiger partial charge in [0.1, 0.15) is 0 Å². The van der Waals surface area contributed by atoms with Crippen LogP contribution in [0.15, 0.2) is 18.2 Å². The molecule has 28 heavy (non-hydrogen) atoms. The van der Waals surface area contributed by atoms with Gasteiger partial charge in [-0.05, 0) is 25.3 Å². The molecule has 0 bridgehead atoms. The number of para-hydroxylation sites is 1. The van der Waals surface area contributed by atoms with E-state index >= 15 is 0 Å². The quantitative estimate of drug-likeness (QED) is 0.831. The lowest BCUT2D eigenvalue weighted by molar-refractivity contribution is -0.131. The van der Waals surface area contributed by atoms with Gasteiger partial charge in [0.05, 0.1) is 14.2 Å². The van der Waals surface area contributed by atoms with Crippen LogP contribution in [0.1, 0.15) is 38.7 Å². The average molecular weight is 389 g/mol. The number of nitrogens with zero attached hydrogens (tertiary/aromatic N) is 2. The molecule has 0 radical (unpaired) electrons. The van der Waals surface area contributed by atoms with E-state index in [-0.39, 0.29) is 23.4 Å². The third kappa shape index (κ3) is 4.09. The van der Waals surface area contributed by atoms with Gasteiger partial charge in [0.15, 0.2) is 11.5 Å². The Kier molecular flexibility index (Phi) is 6.13. The third-order valence-electron chi connectivity index (χ3n) is 6.13. The summed E-state index contributed by atoms with van der Waals surface area (Å²) >= 11 is 0. The Morgan fingerprint density at radius 2 is 1.89 bits per heavy atom. The van der Waals surface area contributed by atoms with Gasteiger partial charge in [-0.1, -0.05) is 12.1 Å². The first-order valence-corrected chi connectivity index (χ1v) is 9.86. The molecule has 154 valence electrons. The van der Waals surface area contributed by atoms with E-state index in [1.165, 1.54) is 0 Å². The van der Waals surface area contributed by atoms with Crippen LogP contribution in [-0.2, 0) is 16.1 Å². The van der Waals surface area contributed by atoms with E-state index in [9.17, 15) is 9.59 Å². The molecule has 2 fully saturated rings. The summed E-state index contributed by atoms with van der Waals surface area (Å²) in [5.74, 6) is 1.61. The molecule has 2 saturated heterocycles. The van der Waals surface area contributed by atoms with Crippen LogP contribution >= 0.6 is 0 Å². The molecule has 2 aliphatic heterocycles. The minimum absolute atomic E-state index is 0.00197. The Bertz CT molecular complexity index is 728. The molecule has 2 heterocycles. The van der Waals surface area contributed by atoms with Crippen molar-refractivity contribution in [3.63, 3.8) is 0 Å². The lowest BCUT2D eigenvalue weighted by Crippen LogP contribution is -2.52. The second kappa shape index (κ2) is 8.39. The lowest BCUT2D eigenvalue weighted by atomic mass is 9.83. The number of ether oxygens (including phenoxy) is 2. The van der Waals surface area contributed by atoms with Crippen LogP contribution in [0.2, 0.25) is 0 Å². The summed E-state index contributed by atoms with van der Waals surface area (Å²) < 4.78 is 11.1. The Hall–Kier alpha value is -2.28. The summed E-state index contributed by atoms with van der Waals surface area (Å²) in [5, 5.41) is 3.10. The van der Waals surface area contributed by atoms with Gasteiger partial charge in [-0.2, -0.15) is 0 Å². The van der Waals surface area contributed by atoms with Crippen molar-refractivity contribution in [3.05, 3.63) is 23.8 Å². The predicted octanol–water partition coefficient (Wildman–Crippen LogP) is 1.80. The van der Waals surface area contributed by atoms with Gasteiger partial charge in [-0.3, -0.25) is 14.5 Å². The number of carbonyl (C=O) groups is 2. The summed E-state index contributed by atoms with van der Waals surface area (Å²) in [7, 11) is 3.30. The third-order valence-corrected chi connectivity index (χ3v) is 6.13. The summed E-state index contributed by atoms with van der Waals surface area (Å²) in [5.41, 5.74) is 1.05. The van der Waals surface area contributed by atoms with E-state index in [4.69, 9.17) is 9.47 Å². The van der Waals surface area contributed by atoms with E-state index in [2.05, 4.69) is 16.3 Å². The fraction of sp³-hybridized carbons (Fsp3) is 0.619. The first kappa shape index (κ1) is 20.5. The summed E-state index contributed by atoms with van der Waals surface area (Å²) in [6.07, 6.45) is 2.73. The molecule has 0 aliphatic carbocycles. The molecule has 3 rings (SSSR count). The highest BCUT2D eigenvalue weighted by atomic mass is 16.5. The Morgan fingerprint density at radius 3 is 2.46 bits per heavy atom. The molecule has 1 spiro atoms. The fourth-order valence-electron chi connectivity index (χ4n) is 4.77. The van der Waals surface area contributed by atoms with Crippen molar-refractivity contribution in [1.29, 1.82) is 0 Å². The number of hydrogen-bond acceptors (Lipinski definition) is 5. The number of hydrogen-bond donors (Lipinski definition) is 1. The van der Waals surface area contributed by atoms with Gasteiger partial charge in [0.25, 0.3) is 0 Å². The van der Waals surface area contributed by atoms with Crippen LogP contribution in [0.3, 0.4) is 0 Å². The molecule has 1 aromatic carbocycles. The van der Waals surface area contributed by atoms with Crippen molar-refractivity contribution >= 4 is 11.8 Å². The Morgan fingerprint density at radius 1 is 1.18 bits per heavy atom. The van der Waals surface area contributed by atoms with Crippen LogP contribution in [0, 0.1) is 0 Å². The largest absolute Gasteiger partial charge is 0.493 e. The highest BCUT2D eigenvalue weighted by Crippen LogP contribution is 2.41. The number of piperidine rings is 1. The molecule has 0 saturated carbocycles. The number of methoxy groups -OCH3 is 2. The minimum atomic E-state index is -0.0207. The smallest absolute Gasteiger partial charge is 0.219 e. The standard InChI is InChI=1S/C21H31N3O4/c1-15(25)22-18-12-21(8-10-23(11-9-21)16(2)26)24(14-18)13-17-6-5-7-19(27-3)20(17)28-4/h5-7,18H,8-14H2,1-4H3,(H,22,25)/t18-/m1/s1. The maximum atomic E-state index is 11.8. The SMILES string of the molecule is COc1cccc(CN2C[C@H](NC(C)=O)CC23CCN(C(C)=O)CC3)c1OC. The lowest BCUT2D eigenvalue weighted by Gasteiger charge is -2.45. The zero-order valence-corrected chi connectivity index (χ0v) is 17.3. The zero-order valence-electron chi connectivity index (χ0n) is 17.3. The van der Waals surface area contributed by atoms with E-state index in [1.54, 1.807) is 28.1 Å². The van der Waals surface area contributed by atoms with Crippen molar-refractivity contribution in [2.75, 3.05) is 33.9 Å². The first-order chi connectivity index (χ1) is 13.4. The van der Waals surface area contributed by atoms with E-state index in [0.29, 0.717) is 0 Å². The van der Waals surface area contributed by atoms with Gasteiger partial charge in [0, 0.05) is 57.2 Å². The fourth-order valence-corrected chi connectivity index (χ4v) is 4.77. The molecule has 7 heteroatoms. The second-order valence-corrected chi connectivity index (χ2v) is 7.87. The van der Waals surface area contributed by atoms with Crippen LogP contribution in [0.4, 0.5) is 0 Å². The minimum Gasteiger partial charge on any atom is -0.493 e. The van der Waals surface area contributed by atoms with Crippen molar-refractivity contribution in [1.82, 2.24) is 15.1 Å². The van der Waals surface area contributed by atoms with Crippen molar-refractivity contribution < 1.29 is 19.1 Å². The Labute approximate surface area is 167 Å². The molecule has 0 unspecified atom stereocenters. The normalized spacial score (nSPS) is 21.6. The molecule has 1 atom stereocenters. The number of likely N-dealkylation sites (tertiary alicyclic amines) is 2.